The lowest BCUT2D eigenvalue weighted by Gasteiger charge is -2.26. The fourth-order valence-corrected chi connectivity index (χ4v) is 6.22. The molecule has 2 aliphatic rings. The number of alkyl halides is 12. The Balaban J connectivity index is 1.45. The van der Waals surface area contributed by atoms with E-state index in [2.05, 4.69) is 9.97 Å². The summed E-state index contributed by atoms with van der Waals surface area (Å²) in [6.07, 6.45) is 2.69. The largest absolute Gasteiger partial charge is 0.380 e. The van der Waals surface area contributed by atoms with Gasteiger partial charge in [-0.1, -0.05) is 48.5 Å². The normalized spacial score (nSPS) is 21.8. The first-order chi connectivity index (χ1) is 22.4. The molecule has 0 aliphatic heterocycles. The van der Waals surface area contributed by atoms with E-state index in [0.29, 0.717) is 24.3 Å². The predicted octanol–water partition coefficient (Wildman–Crippen LogP) is 10.4. The van der Waals surface area contributed by atoms with Gasteiger partial charge in [-0.2, -0.15) is 52.7 Å². The first-order valence-electron chi connectivity index (χ1n) is 13.9. The highest BCUT2D eigenvalue weighted by atomic mass is 19.4. The Hall–Kier alpha value is -4.88. The first kappa shape index (κ1) is 31.7. The molecule has 0 N–H and O–H groups in total. The monoisotopic (exact) mass is 680 g/mol. The molecule has 246 valence electrons. The summed E-state index contributed by atoms with van der Waals surface area (Å²) in [5, 5.41) is 0.279. The molecule has 0 radical (unpaired) electrons. The molecule has 3 aromatic carbocycles. The molecule has 48 heavy (non-hydrogen) atoms. The number of rotatable bonds is 4. The molecule has 2 aliphatic carbocycles. The minimum atomic E-state index is -5.96. The van der Waals surface area contributed by atoms with Crippen molar-refractivity contribution >= 4 is 44.1 Å². The lowest BCUT2D eigenvalue weighted by Crippen LogP contribution is -2.49. The van der Waals surface area contributed by atoms with Gasteiger partial charge in [0, 0.05) is 45.5 Å². The van der Waals surface area contributed by atoms with Crippen LogP contribution in [-0.2, 0) is 0 Å². The molecular weight excluding hydrogens is 664 g/mol. The molecule has 14 heteroatoms. The maximum atomic E-state index is 15.3. The molecule has 5 aromatic rings. The van der Waals surface area contributed by atoms with Crippen LogP contribution in [0.5, 0.6) is 0 Å². The number of allylic oxidation sites excluding steroid dienone is 4. The van der Waals surface area contributed by atoms with Crippen LogP contribution in [0.25, 0.3) is 44.1 Å². The molecule has 2 nitrogen and oxygen atoms in total. The topological polar surface area (TPSA) is 25.8 Å². The number of hydrogen-bond donors (Lipinski definition) is 0. The van der Waals surface area contributed by atoms with Crippen LogP contribution in [0.1, 0.15) is 22.3 Å². The van der Waals surface area contributed by atoms with E-state index in [1.165, 1.54) is 36.7 Å². The third-order valence-electron chi connectivity index (χ3n) is 8.58. The van der Waals surface area contributed by atoms with Crippen LogP contribution in [0, 0.1) is 0 Å². The fourth-order valence-electron chi connectivity index (χ4n) is 6.22. The minimum Gasteiger partial charge on any atom is -0.256 e. The van der Waals surface area contributed by atoms with Crippen molar-refractivity contribution in [1.82, 2.24) is 9.97 Å². The summed E-state index contributed by atoms with van der Waals surface area (Å²) in [6.45, 7) is 0. The number of hydrogen-bond acceptors (Lipinski definition) is 2. The Morgan fingerprint density at radius 3 is 0.979 bits per heavy atom. The molecule has 0 saturated heterocycles. The second kappa shape index (κ2) is 9.83. The van der Waals surface area contributed by atoms with E-state index in [9.17, 15) is 17.6 Å². The number of nitrogens with zero attached hydrogens (tertiary/aromatic N) is 2. The molecule has 2 aromatic heterocycles. The molecule has 0 saturated carbocycles. The van der Waals surface area contributed by atoms with Gasteiger partial charge in [-0.05, 0) is 58.7 Å². The highest BCUT2D eigenvalue weighted by molar-refractivity contribution is 6.04. The minimum absolute atomic E-state index is 0.140. The Kier molecular flexibility index (Phi) is 6.49. The van der Waals surface area contributed by atoms with E-state index in [1.807, 2.05) is 0 Å². The molecule has 7 rings (SSSR count). The third-order valence-corrected chi connectivity index (χ3v) is 8.58. The van der Waals surface area contributed by atoms with Crippen molar-refractivity contribution in [3.05, 3.63) is 120 Å². The van der Waals surface area contributed by atoms with Gasteiger partial charge in [-0.25, -0.2) is 0 Å². The zero-order valence-electron chi connectivity index (χ0n) is 23.7. The second-order valence-electron chi connectivity index (χ2n) is 11.3. The fraction of sp³-hybridized carbons (Fsp3) is 0.176. The van der Waals surface area contributed by atoms with Crippen LogP contribution < -0.4 is 0 Å². The van der Waals surface area contributed by atoms with Crippen molar-refractivity contribution in [1.29, 1.82) is 0 Å². The van der Waals surface area contributed by atoms with Crippen LogP contribution in [0.3, 0.4) is 0 Å². The summed E-state index contributed by atoms with van der Waals surface area (Å²) < 4.78 is 182. The number of pyridine rings is 2. The first-order valence-corrected chi connectivity index (χ1v) is 13.9. The van der Waals surface area contributed by atoms with E-state index in [1.54, 1.807) is 0 Å². The van der Waals surface area contributed by atoms with Gasteiger partial charge in [0.2, 0.25) is 0 Å². The summed E-state index contributed by atoms with van der Waals surface area (Å²) in [4.78, 5) is 7.93. The summed E-state index contributed by atoms with van der Waals surface area (Å²) in [7, 11) is 0. The average molecular weight is 680 g/mol. The van der Waals surface area contributed by atoms with Crippen molar-refractivity contribution in [3.63, 3.8) is 0 Å². The molecule has 0 bridgehead atoms. The van der Waals surface area contributed by atoms with Crippen LogP contribution in [0.15, 0.2) is 97.3 Å². The quantitative estimate of drug-likeness (QED) is 0.177. The SMILES string of the molecule is FC1(F)C(c2ccc(C3=C(c4ccc5ncccc5c4)C(F)(F)C(F)(F)C3(F)F)cc2)=C(c2ccc3ncccc3c2)C(F)(F)C1(F)F. The van der Waals surface area contributed by atoms with E-state index < -0.39 is 80.1 Å². The molecule has 0 amide bonds. The lowest BCUT2D eigenvalue weighted by molar-refractivity contribution is -0.254. The van der Waals surface area contributed by atoms with Crippen LogP contribution >= 0.6 is 0 Å². The van der Waals surface area contributed by atoms with Gasteiger partial charge in [0.1, 0.15) is 0 Å². The zero-order valence-corrected chi connectivity index (χ0v) is 23.7. The standard InChI is InChI=1S/C34H16F12N2/c35-29(36)25(27(31(39,40)33(29,43)44)21-9-11-23-19(15-21)3-1-13-47-23)17-5-7-18(8-6-17)26-28(32(41,42)34(45,46)30(26,37)38)22-10-12-24-20(16-22)4-2-14-48-24/h1-16H. The van der Waals surface area contributed by atoms with E-state index in [-0.39, 0.29) is 21.8 Å². The van der Waals surface area contributed by atoms with Crippen molar-refractivity contribution in [3.8, 4) is 0 Å². The van der Waals surface area contributed by atoms with Gasteiger partial charge < -0.3 is 0 Å². The van der Waals surface area contributed by atoms with Crippen molar-refractivity contribution in [2.24, 2.45) is 0 Å². The Morgan fingerprint density at radius 2 is 0.646 bits per heavy atom. The van der Waals surface area contributed by atoms with Crippen LogP contribution in [0.4, 0.5) is 52.7 Å². The van der Waals surface area contributed by atoms with Gasteiger partial charge in [-0.3, -0.25) is 9.97 Å². The number of aromatic nitrogens is 2. The third kappa shape index (κ3) is 3.97. The Labute approximate surface area is 262 Å². The molecule has 0 atom stereocenters. The zero-order chi connectivity index (χ0) is 34.7. The van der Waals surface area contributed by atoms with Crippen LogP contribution in [0.2, 0.25) is 0 Å². The predicted molar refractivity (Wildman–Crippen MR) is 153 cm³/mol. The Morgan fingerprint density at radius 1 is 0.354 bits per heavy atom. The maximum Gasteiger partial charge on any atom is 0.380 e. The van der Waals surface area contributed by atoms with Crippen LogP contribution in [-0.4, -0.2) is 45.5 Å². The van der Waals surface area contributed by atoms with Gasteiger partial charge in [0.15, 0.2) is 0 Å². The van der Waals surface area contributed by atoms with Crippen molar-refractivity contribution in [2.75, 3.05) is 0 Å². The van der Waals surface area contributed by atoms with Gasteiger partial charge in [0.05, 0.1) is 11.0 Å². The molecule has 0 fully saturated rings. The van der Waals surface area contributed by atoms with Gasteiger partial charge in [0.25, 0.3) is 0 Å². The van der Waals surface area contributed by atoms with Crippen molar-refractivity contribution in [2.45, 2.75) is 35.5 Å². The van der Waals surface area contributed by atoms with Gasteiger partial charge in [-0.15, -0.1) is 0 Å². The summed E-state index contributed by atoms with van der Waals surface area (Å²) in [5.41, 5.74) is -10.3. The second-order valence-corrected chi connectivity index (χ2v) is 11.3. The smallest absolute Gasteiger partial charge is 0.256 e. The lowest BCUT2D eigenvalue weighted by atomic mass is 9.90. The number of halogens is 12. The molecule has 0 unspecified atom stereocenters. The summed E-state index contributed by atoms with van der Waals surface area (Å²) in [6, 6.07) is 13.2. The van der Waals surface area contributed by atoms with E-state index in [4.69, 9.17) is 0 Å². The van der Waals surface area contributed by atoms with Crippen molar-refractivity contribution < 1.29 is 52.7 Å². The summed E-state index contributed by atoms with van der Waals surface area (Å²) >= 11 is 0. The molecular formula is C34H16F12N2. The van der Waals surface area contributed by atoms with E-state index >= 15 is 35.1 Å². The summed E-state index contributed by atoms with van der Waals surface area (Å²) in [5.74, 6) is -33.9. The molecule has 2 heterocycles. The number of fused-ring (bicyclic) bond motifs is 2. The van der Waals surface area contributed by atoms with E-state index in [0.717, 1.165) is 36.4 Å². The average Bonchev–Trinajstić information content (AvgIpc) is 3.23. The molecule has 0 spiro atoms. The highest BCUT2D eigenvalue weighted by Crippen LogP contribution is 2.66. The highest BCUT2D eigenvalue weighted by Gasteiger charge is 2.81. The van der Waals surface area contributed by atoms with Gasteiger partial charge >= 0.3 is 35.5 Å². The number of benzene rings is 3. The Bertz CT molecular complexity index is 2050. The maximum absolute atomic E-state index is 15.3.